The van der Waals surface area contributed by atoms with E-state index in [0.717, 1.165) is 16.7 Å². The molecule has 0 aliphatic rings. The van der Waals surface area contributed by atoms with Crippen LogP contribution >= 0.6 is 11.3 Å². The predicted molar refractivity (Wildman–Crippen MR) is 37.3 cm³/mol. The third kappa shape index (κ3) is 1.32. The monoisotopic (exact) mass is 176 g/mol. The summed E-state index contributed by atoms with van der Waals surface area (Å²) in [5.41, 5.74) is 0. The van der Waals surface area contributed by atoms with E-state index in [4.69, 9.17) is 5.11 Å². The van der Waals surface area contributed by atoms with Crippen LogP contribution in [0.4, 0.5) is 4.39 Å². The fraction of sp³-hybridized carbons (Fsp3) is 0.167. The molecule has 0 saturated carbocycles. The summed E-state index contributed by atoms with van der Waals surface area (Å²) in [6, 6.07) is 0. The van der Waals surface area contributed by atoms with E-state index in [1.165, 1.54) is 7.11 Å². The Balaban J connectivity index is 3.04. The van der Waals surface area contributed by atoms with Gasteiger partial charge in [0.05, 0.1) is 7.11 Å². The molecule has 60 valence electrons. The minimum atomic E-state index is -0.796. The van der Waals surface area contributed by atoms with Crippen LogP contribution < -0.4 is 0 Å². The second kappa shape index (κ2) is 2.87. The number of hydrogen-bond donors (Lipinski definition) is 1. The van der Waals surface area contributed by atoms with Gasteiger partial charge in [-0.2, -0.15) is 0 Å². The molecule has 11 heavy (non-hydrogen) atoms. The molecule has 1 aromatic heterocycles. The molecular weight excluding hydrogens is 171 g/mol. The van der Waals surface area contributed by atoms with Gasteiger partial charge in [0.2, 0.25) is 0 Å². The Labute approximate surface area is 66.0 Å². The van der Waals surface area contributed by atoms with Gasteiger partial charge in [-0.15, -0.1) is 11.3 Å². The van der Waals surface area contributed by atoms with E-state index >= 15 is 0 Å². The zero-order valence-corrected chi connectivity index (χ0v) is 6.44. The number of rotatable bonds is 1. The van der Waals surface area contributed by atoms with Crippen LogP contribution in [-0.4, -0.2) is 18.2 Å². The first kappa shape index (κ1) is 8.00. The fourth-order valence-corrected chi connectivity index (χ4v) is 1.29. The van der Waals surface area contributed by atoms with Gasteiger partial charge in [-0.25, -0.2) is 9.18 Å². The summed E-state index contributed by atoms with van der Waals surface area (Å²) < 4.78 is 16.7. The third-order valence-electron chi connectivity index (χ3n) is 1.09. The van der Waals surface area contributed by atoms with Gasteiger partial charge in [-0.05, 0) is 0 Å². The van der Waals surface area contributed by atoms with Crippen molar-refractivity contribution >= 4 is 17.3 Å². The topological polar surface area (TPSA) is 46.5 Å². The second-order valence-corrected chi connectivity index (χ2v) is 2.63. The number of methoxy groups -OCH3 is 1. The zero-order chi connectivity index (χ0) is 8.43. The maximum absolute atomic E-state index is 12.4. The van der Waals surface area contributed by atoms with Crippen LogP contribution in [0, 0.1) is 5.82 Å². The lowest BCUT2D eigenvalue weighted by atomic mass is 10.4. The molecule has 0 aromatic carbocycles. The molecule has 0 fully saturated rings. The molecule has 0 bridgehead atoms. The van der Waals surface area contributed by atoms with Crippen LogP contribution in [0.1, 0.15) is 9.67 Å². The minimum absolute atomic E-state index is 0.106. The van der Waals surface area contributed by atoms with Crippen molar-refractivity contribution < 1.29 is 19.0 Å². The van der Waals surface area contributed by atoms with Gasteiger partial charge in [0.1, 0.15) is 0 Å². The van der Waals surface area contributed by atoms with Crippen molar-refractivity contribution in [2.45, 2.75) is 0 Å². The first-order chi connectivity index (χ1) is 5.16. The summed E-state index contributed by atoms with van der Waals surface area (Å²) in [6.45, 7) is 0. The molecule has 0 aliphatic carbocycles. The highest BCUT2D eigenvalue weighted by Crippen LogP contribution is 2.27. The molecule has 3 nitrogen and oxygen atoms in total. The smallest absolute Gasteiger partial charge is 0.351 e. The van der Waals surface area contributed by atoms with Crippen molar-refractivity contribution in [1.29, 1.82) is 0 Å². The Morgan fingerprint density at radius 3 is 2.82 bits per heavy atom. The van der Waals surface area contributed by atoms with E-state index in [1.54, 1.807) is 0 Å². The van der Waals surface area contributed by atoms with Gasteiger partial charge in [0.15, 0.2) is 16.4 Å². The van der Waals surface area contributed by atoms with Crippen LogP contribution in [0.3, 0.4) is 0 Å². The molecular formula is C6H5FO3S. The van der Waals surface area contributed by atoms with Crippen molar-refractivity contribution in [3.8, 4) is 5.75 Å². The molecule has 0 atom stereocenters. The van der Waals surface area contributed by atoms with Crippen molar-refractivity contribution in [3.63, 3.8) is 0 Å². The molecule has 0 amide bonds. The fourth-order valence-electron chi connectivity index (χ4n) is 0.568. The number of thiophene rings is 1. The Bertz CT molecular complexity index is 281. The van der Waals surface area contributed by atoms with E-state index in [1.807, 2.05) is 0 Å². The molecule has 1 N–H and O–H groups in total. The second-order valence-electron chi connectivity index (χ2n) is 1.75. The highest BCUT2D eigenvalue weighted by molar-refractivity contribution is 7.12. The van der Waals surface area contributed by atoms with Crippen LogP contribution in [-0.2, 0) is 4.74 Å². The summed E-state index contributed by atoms with van der Waals surface area (Å²) in [5, 5.41) is 9.92. The Morgan fingerprint density at radius 2 is 2.45 bits per heavy atom. The largest absolute Gasteiger partial charge is 0.504 e. The van der Waals surface area contributed by atoms with E-state index in [2.05, 4.69) is 4.74 Å². The normalized spacial score (nSPS) is 9.64. The Kier molecular flexibility index (Phi) is 2.09. The molecule has 1 rings (SSSR count). The molecule has 0 radical (unpaired) electrons. The standard InChI is InChI=1S/C6H5FO3S/c1-10-6(9)5-4(8)3(7)2-11-5/h2,8H,1H3. The third-order valence-corrected chi connectivity index (χ3v) is 2.01. The summed E-state index contributed by atoms with van der Waals surface area (Å²) in [5.74, 6) is -2.16. The van der Waals surface area contributed by atoms with Gasteiger partial charge in [0.25, 0.3) is 0 Å². The van der Waals surface area contributed by atoms with Gasteiger partial charge in [0, 0.05) is 5.38 Å². The van der Waals surface area contributed by atoms with E-state index < -0.39 is 17.5 Å². The number of carbonyl (C=O) groups is 1. The first-order valence-corrected chi connectivity index (χ1v) is 3.59. The lowest BCUT2D eigenvalue weighted by Crippen LogP contribution is -1.97. The van der Waals surface area contributed by atoms with Gasteiger partial charge in [-0.3, -0.25) is 0 Å². The number of ether oxygens (including phenoxy) is 1. The highest BCUT2D eigenvalue weighted by Gasteiger charge is 2.17. The molecule has 0 spiro atoms. The Morgan fingerprint density at radius 1 is 1.82 bits per heavy atom. The van der Waals surface area contributed by atoms with Crippen molar-refractivity contribution in [1.82, 2.24) is 0 Å². The SMILES string of the molecule is COC(=O)c1scc(F)c1O. The zero-order valence-electron chi connectivity index (χ0n) is 5.63. The molecule has 1 aromatic rings. The van der Waals surface area contributed by atoms with Crippen LogP contribution in [0.25, 0.3) is 0 Å². The number of esters is 1. The minimum Gasteiger partial charge on any atom is -0.504 e. The number of aromatic hydroxyl groups is 1. The summed E-state index contributed by atoms with van der Waals surface area (Å²) in [6.07, 6.45) is 0. The summed E-state index contributed by atoms with van der Waals surface area (Å²) >= 11 is 0.809. The van der Waals surface area contributed by atoms with E-state index in [-0.39, 0.29) is 4.88 Å². The molecule has 0 saturated heterocycles. The quantitative estimate of drug-likeness (QED) is 0.657. The van der Waals surface area contributed by atoms with Crippen molar-refractivity contribution in [2.75, 3.05) is 7.11 Å². The number of halogens is 1. The maximum Gasteiger partial charge on any atom is 0.351 e. The first-order valence-electron chi connectivity index (χ1n) is 2.71. The maximum atomic E-state index is 12.4. The average molecular weight is 176 g/mol. The van der Waals surface area contributed by atoms with Crippen LogP contribution in [0.2, 0.25) is 0 Å². The lowest BCUT2D eigenvalue weighted by molar-refractivity contribution is 0.0602. The lowest BCUT2D eigenvalue weighted by Gasteiger charge is -1.93. The van der Waals surface area contributed by atoms with Gasteiger partial charge in [-0.1, -0.05) is 0 Å². The van der Waals surface area contributed by atoms with Gasteiger partial charge >= 0.3 is 5.97 Å². The van der Waals surface area contributed by atoms with Crippen LogP contribution in [0.15, 0.2) is 5.38 Å². The average Bonchev–Trinajstić information content (AvgIpc) is 2.32. The van der Waals surface area contributed by atoms with E-state index in [0.29, 0.717) is 0 Å². The molecule has 0 aliphatic heterocycles. The van der Waals surface area contributed by atoms with Crippen molar-refractivity contribution in [2.24, 2.45) is 0 Å². The van der Waals surface area contributed by atoms with Crippen molar-refractivity contribution in [3.05, 3.63) is 16.1 Å². The molecule has 1 heterocycles. The van der Waals surface area contributed by atoms with Crippen LogP contribution in [0.5, 0.6) is 5.75 Å². The van der Waals surface area contributed by atoms with Gasteiger partial charge < -0.3 is 9.84 Å². The number of hydrogen-bond acceptors (Lipinski definition) is 4. The molecule has 0 unspecified atom stereocenters. The summed E-state index contributed by atoms with van der Waals surface area (Å²) in [7, 11) is 1.17. The number of carbonyl (C=O) groups excluding carboxylic acids is 1. The highest BCUT2D eigenvalue weighted by atomic mass is 32.1. The van der Waals surface area contributed by atoms with E-state index in [9.17, 15) is 9.18 Å². The Hall–Kier alpha value is -1.10. The molecule has 5 heteroatoms. The predicted octanol–water partition coefficient (Wildman–Crippen LogP) is 1.38. The summed E-state index contributed by atoms with van der Waals surface area (Å²) in [4.78, 5) is 10.6.